The molecule has 3 rings (SSSR count). The van der Waals surface area contributed by atoms with Crippen molar-refractivity contribution in [2.45, 2.75) is 99.9 Å². The highest BCUT2D eigenvalue weighted by Crippen LogP contribution is 2.45. The molecule has 1 amide bonds. The van der Waals surface area contributed by atoms with E-state index in [4.69, 9.17) is 0 Å². The molecular formula is C30H44N2O2S2. The van der Waals surface area contributed by atoms with Crippen LogP contribution in [0.4, 0.5) is 0 Å². The molecule has 2 aromatic rings. The van der Waals surface area contributed by atoms with Crippen LogP contribution in [0.1, 0.15) is 84.0 Å². The van der Waals surface area contributed by atoms with E-state index >= 15 is 0 Å². The van der Waals surface area contributed by atoms with Crippen LogP contribution in [-0.2, 0) is 22.0 Å². The van der Waals surface area contributed by atoms with E-state index in [-0.39, 0.29) is 16.7 Å². The molecule has 198 valence electrons. The molecule has 1 aliphatic rings. The molecule has 1 aliphatic carbocycles. The number of rotatable bonds is 8. The van der Waals surface area contributed by atoms with Crippen LogP contribution in [0.5, 0.6) is 5.75 Å². The maximum atomic E-state index is 12.9. The van der Waals surface area contributed by atoms with Gasteiger partial charge < -0.3 is 10.0 Å². The molecule has 1 fully saturated rings. The summed E-state index contributed by atoms with van der Waals surface area (Å²) in [6.07, 6.45) is 7.38. The van der Waals surface area contributed by atoms with Crippen molar-refractivity contribution in [3.8, 4) is 5.75 Å². The van der Waals surface area contributed by atoms with Gasteiger partial charge in [0.1, 0.15) is 5.75 Å². The normalized spacial score (nSPS) is 18.8. The number of hydrogen-bond acceptors (Lipinski definition) is 5. The third kappa shape index (κ3) is 7.92. The fourth-order valence-corrected chi connectivity index (χ4v) is 7.58. The van der Waals surface area contributed by atoms with E-state index in [1.54, 1.807) is 6.20 Å². The molecule has 0 spiro atoms. The Bertz CT molecular complexity index is 977. The predicted octanol–water partition coefficient (Wildman–Crippen LogP) is 7.22. The second-order valence-corrected chi connectivity index (χ2v) is 14.6. The van der Waals surface area contributed by atoms with E-state index in [1.807, 2.05) is 53.7 Å². The van der Waals surface area contributed by atoms with Gasteiger partial charge in [-0.05, 0) is 47.9 Å². The molecular weight excluding hydrogens is 484 g/mol. The first-order valence-corrected chi connectivity index (χ1v) is 15.1. The van der Waals surface area contributed by atoms with E-state index in [0.717, 1.165) is 29.7 Å². The summed E-state index contributed by atoms with van der Waals surface area (Å²) in [5.74, 6) is 1.16. The molecule has 36 heavy (non-hydrogen) atoms. The van der Waals surface area contributed by atoms with Crippen LogP contribution in [0.3, 0.4) is 0 Å². The van der Waals surface area contributed by atoms with Crippen molar-refractivity contribution in [2.75, 3.05) is 19.3 Å². The summed E-state index contributed by atoms with van der Waals surface area (Å²) in [6.45, 7) is 13.7. The highest BCUT2D eigenvalue weighted by atomic mass is 32.2. The SMILES string of the molecule is CN(CCc1ccccn1)C(=O)CS[C@H]1CCCC[C@@H]1Sc1cc(C(C)(C)C)c(O)c(C(C)(C)C)c1. The molecule has 1 N–H and O–H groups in total. The van der Waals surface area contributed by atoms with Crippen LogP contribution < -0.4 is 0 Å². The summed E-state index contributed by atoms with van der Waals surface area (Å²) in [5.41, 5.74) is 2.79. The van der Waals surface area contributed by atoms with Crippen molar-refractivity contribution in [1.29, 1.82) is 0 Å². The van der Waals surface area contributed by atoms with Gasteiger partial charge in [-0.3, -0.25) is 9.78 Å². The number of nitrogens with zero attached hydrogens (tertiary/aromatic N) is 2. The molecule has 6 heteroatoms. The van der Waals surface area contributed by atoms with Crippen molar-refractivity contribution in [3.63, 3.8) is 0 Å². The van der Waals surface area contributed by atoms with E-state index in [2.05, 4.69) is 58.7 Å². The minimum absolute atomic E-state index is 0.131. The average molecular weight is 529 g/mol. The Hall–Kier alpha value is -1.66. The van der Waals surface area contributed by atoms with Gasteiger partial charge in [0.2, 0.25) is 5.91 Å². The molecule has 1 saturated carbocycles. The number of amides is 1. The van der Waals surface area contributed by atoms with Gasteiger partial charge in [-0.2, -0.15) is 0 Å². The number of phenolic OH excluding ortho intramolecular Hbond substituents is 1. The van der Waals surface area contributed by atoms with Crippen LogP contribution >= 0.6 is 23.5 Å². The van der Waals surface area contributed by atoms with Gasteiger partial charge in [-0.15, -0.1) is 23.5 Å². The minimum Gasteiger partial charge on any atom is -0.507 e. The smallest absolute Gasteiger partial charge is 0.232 e. The molecule has 2 atom stereocenters. The lowest BCUT2D eigenvalue weighted by Crippen LogP contribution is -2.32. The first-order valence-electron chi connectivity index (χ1n) is 13.2. The zero-order chi connectivity index (χ0) is 26.5. The van der Waals surface area contributed by atoms with Crippen LogP contribution in [-0.4, -0.2) is 50.7 Å². The Morgan fingerprint density at radius 2 is 1.64 bits per heavy atom. The highest BCUT2D eigenvalue weighted by Gasteiger charge is 2.30. The summed E-state index contributed by atoms with van der Waals surface area (Å²) in [7, 11) is 1.90. The van der Waals surface area contributed by atoms with Crippen molar-refractivity contribution < 1.29 is 9.90 Å². The molecule has 1 heterocycles. The fraction of sp³-hybridized carbons (Fsp3) is 0.600. The molecule has 0 aliphatic heterocycles. The summed E-state index contributed by atoms with van der Waals surface area (Å²) < 4.78 is 0. The van der Waals surface area contributed by atoms with Crippen LogP contribution in [0.25, 0.3) is 0 Å². The Morgan fingerprint density at radius 3 is 2.19 bits per heavy atom. The highest BCUT2D eigenvalue weighted by molar-refractivity contribution is 8.04. The van der Waals surface area contributed by atoms with Crippen LogP contribution in [0.15, 0.2) is 41.4 Å². The fourth-order valence-electron chi connectivity index (χ4n) is 4.62. The average Bonchev–Trinajstić information content (AvgIpc) is 2.82. The standard InChI is InChI=1S/C30H44N2O2S2/c1-29(2,3)23-18-22(19-24(28(23)34)30(4,5)6)36-26-14-9-8-13-25(26)35-20-27(33)32(7)17-15-21-12-10-11-16-31-21/h10-12,16,18-19,25-26,34H,8-9,13-15,17,20H2,1-7H3/t25-,26-/m0/s1. The van der Waals surface area contributed by atoms with Gasteiger partial charge in [0.15, 0.2) is 0 Å². The maximum absolute atomic E-state index is 12.9. The van der Waals surface area contributed by atoms with E-state index < -0.39 is 0 Å². The maximum Gasteiger partial charge on any atom is 0.232 e. The quantitative estimate of drug-likeness (QED) is 0.392. The molecule has 1 aromatic carbocycles. The van der Waals surface area contributed by atoms with E-state index in [9.17, 15) is 9.90 Å². The van der Waals surface area contributed by atoms with Crippen molar-refractivity contribution in [1.82, 2.24) is 9.88 Å². The van der Waals surface area contributed by atoms with Crippen molar-refractivity contribution in [2.24, 2.45) is 0 Å². The van der Waals surface area contributed by atoms with Crippen LogP contribution in [0, 0.1) is 0 Å². The van der Waals surface area contributed by atoms with Crippen molar-refractivity contribution >= 4 is 29.4 Å². The molecule has 1 aromatic heterocycles. The largest absolute Gasteiger partial charge is 0.507 e. The second-order valence-electron chi connectivity index (χ2n) is 12.0. The van der Waals surface area contributed by atoms with Gasteiger partial charge in [-0.1, -0.05) is 60.5 Å². The second kappa shape index (κ2) is 12.3. The molecule has 4 nitrogen and oxygen atoms in total. The van der Waals surface area contributed by atoms with Gasteiger partial charge in [0.25, 0.3) is 0 Å². The summed E-state index contributed by atoms with van der Waals surface area (Å²) in [5, 5.41) is 12.0. The third-order valence-corrected chi connectivity index (χ3v) is 9.86. The molecule has 0 bridgehead atoms. The van der Waals surface area contributed by atoms with E-state index in [0.29, 0.717) is 28.5 Å². The topological polar surface area (TPSA) is 53.4 Å². The number of thioether (sulfide) groups is 2. The molecule has 0 radical (unpaired) electrons. The van der Waals surface area contributed by atoms with Gasteiger partial charge >= 0.3 is 0 Å². The number of phenols is 1. The third-order valence-electron chi connectivity index (χ3n) is 6.91. The summed E-state index contributed by atoms with van der Waals surface area (Å²) in [6, 6.07) is 10.3. The number of aromatic hydroxyl groups is 1. The first kappa shape index (κ1) is 28.9. The number of hydrogen-bond donors (Lipinski definition) is 1. The van der Waals surface area contributed by atoms with Crippen LogP contribution in [0.2, 0.25) is 0 Å². The summed E-state index contributed by atoms with van der Waals surface area (Å²) >= 11 is 3.77. The number of benzene rings is 1. The summed E-state index contributed by atoms with van der Waals surface area (Å²) in [4.78, 5) is 20.3. The molecule has 0 saturated heterocycles. The zero-order valence-corrected chi connectivity index (χ0v) is 24.8. The lowest BCUT2D eigenvalue weighted by atomic mass is 9.79. The monoisotopic (exact) mass is 528 g/mol. The lowest BCUT2D eigenvalue weighted by molar-refractivity contribution is -0.127. The van der Waals surface area contributed by atoms with Gasteiger partial charge in [0, 0.05) is 58.4 Å². The zero-order valence-electron chi connectivity index (χ0n) is 23.1. The number of aromatic nitrogens is 1. The van der Waals surface area contributed by atoms with Gasteiger partial charge in [-0.25, -0.2) is 0 Å². The number of carbonyl (C=O) groups excluding carboxylic acids is 1. The Morgan fingerprint density at radius 1 is 1.03 bits per heavy atom. The number of pyridine rings is 1. The molecule has 0 unspecified atom stereocenters. The first-order chi connectivity index (χ1) is 16.9. The number of likely N-dealkylation sites (N-methyl/N-ethyl adjacent to an activating group) is 1. The minimum atomic E-state index is -0.131. The van der Waals surface area contributed by atoms with E-state index in [1.165, 1.54) is 24.2 Å². The Kier molecular flexibility index (Phi) is 9.84. The van der Waals surface area contributed by atoms with Gasteiger partial charge in [0.05, 0.1) is 5.75 Å². The Balaban J connectivity index is 1.67. The lowest BCUT2D eigenvalue weighted by Gasteiger charge is -2.32. The van der Waals surface area contributed by atoms with Crippen molar-refractivity contribution in [3.05, 3.63) is 53.3 Å². The predicted molar refractivity (Wildman–Crippen MR) is 155 cm³/mol. The number of carbonyl (C=O) groups is 1. The Labute approximate surface area is 227 Å².